The zero-order valence-corrected chi connectivity index (χ0v) is 11.6. The number of nitrogens with zero attached hydrogens (tertiary/aromatic N) is 4. The van der Waals surface area contributed by atoms with E-state index < -0.39 is 4.92 Å². The van der Waals surface area contributed by atoms with Crippen molar-refractivity contribution >= 4 is 29.2 Å². The van der Waals surface area contributed by atoms with Gasteiger partial charge < -0.3 is 4.90 Å². The van der Waals surface area contributed by atoms with Crippen LogP contribution in [0.25, 0.3) is 0 Å². The minimum absolute atomic E-state index is 0.0923. The van der Waals surface area contributed by atoms with Crippen molar-refractivity contribution in [3.8, 4) is 0 Å². The third kappa shape index (κ3) is 3.04. The van der Waals surface area contributed by atoms with Crippen LogP contribution in [0, 0.1) is 10.1 Å². The van der Waals surface area contributed by atoms with E-state index in [2.05, 4.69) is 29.2 Å². The fourth-order valence-corrected chi connectivity index (χ4v) is 3.47. The Morgan fingerprint density at radius 2 is 2.16 bits per heavy atom. The first-order valence-corrected chi connectivity index (χ1v) is 6.84. The number of hydrogen-bond donors (Lipinski definition) is 2. The van der Waals surface area contributed by atoms with Crippen LogP contribution < -0.4 is 16.2 Å². The first kappa shape index (κ1) is 13.8. The van der Waals surface area contributed by atoms with Gasteiger partial charge >= 0.3 is 5.69 Å². The maximum Gasteiger partial charge on any atom is 0.329 e. The normalized spacial score (nSPS) is 23.2. The summed E-state index contributed by atoms with van der Waals surface area (Å²) in [7, 11) is 0. The lowest BCUT2D eigenvalue weighted by atomic mass is 10.3. The smallest absolute Gasteiger partial charge is 0.329 e. The lowest BCUT2D eigenvalue weighted by Gasteiger charge is -2.34. The molecular formula is C10H16N6O2S. The Hall–Kier alpha value is -1.61. The number of nitrogens with one attached hydrogen (secondary N) is 1. The van der Waals surface area contributed by atoms with Gasteiger partial charge in [-0.15, -0.1) is 0 Å². The number of rotatable bonds is 3. The molecule has 0 amide bonds. The van der Waals surface area contributed by atoms with E-state index in [0.29, 0.717) is 16.3 Å². The molecule has 1 aliphatic heterocycles. The summed E-state index contributed by atoms with van der Waals surface area (Å²) in [5.74, 6) is 5.77. The molecule has 0 spiro atoms. The largest absolute Gasteiger partial charge is 0.349 e. The number of nitrogens with two attached hydrogens (primary N) is 1. The standard InChI is InChI=1S/C10H16N6O2S/c1-6-4-15(5-7(2)19-6)9-8(16(17)18)3-12-10(13-9)14-11/h3,6-7H,4-5,11H2,1-2H3,(H,12,13,14). The second kappa shape index (κ2) is 5.57. The van der Waals surface area contributed by atoms with Crippen molar-refractivity contribution in [2.24, 2.45) is 5.84 Å². The molecule has 2 rings (SSSR count). The van der Waals surface area contributed by atoms with Gasteiger partial charge in [0.2, 0.25) is 11.8 Å². The zero-order chi connectivity index (χ0) is 14.0. The third-order valence-corrected chi connectivity index (χ3v) is 4.02. The summed E-state index contributed by atoms with van der Waals surface area (Å²) in [6.45, 7) is 5.64. The molecule has 0 saturated carbocycles. The second-order valence-corrected chi connectivity index (χ2v) is 6.35. The Balaban J connectivity index is 2.38. The molecule has 3 N–H and O–H groups in total. The summed E-state index contributed by atoms with van der Waals surface area (Å²) in [5.41, 5.74) is 2.23. The molecule has 0 bridgehead atoms. The van der Waals surface area contributed by atoms with Crippen LogP contribution in [0.3, 0.4) is 0 Å². The van der Waals surface area contributed by atoms with E-state index in [1.807, 2.05) is 16.7 Å². The molecule has 0 radical (unpaired) electrons. The van der Waals surface area contributed by atoms with Gasteiger partial charge in [0.25, 0.3) is 0 Å². The van der Waals surface area contributed by atoms with Crippen molar-refractivity contribution in [3.63, 3.8) is 0 Å². The number of hydrogen-bond acceptors (Lipinski definition) is 8. The highest BCUT2D eigenvalue weighted by atomic mass is 32.2. The van der Waals surface area contributed by atoms with Crippen molar-refractivity contribution in [1.82, 2.24) is 9.97 Å². The van der Waals surface area contributed by atoms with Crippen LogP contribution in [-0.2, 0) is 0 Å². The van der Waals surface area contributed by atoms with E-state index in [4.69, 9.17) is 5.84 Å². The van der Waals surface area contributed by atoms with E-state index >= 15 is 0 Å². The van der Waals surface area contributed by atoms with E-state index in [1.54, 1.807) is 0 Å². The summed E-state index contributed by atoms with van der Waals surface area (Å²) >= 11 is 1.87. The van der Waals surface area contributed by atoms with Gasteiger partial charge in [0.05, 0.1) is 4.92 Å². The highest BCUT2D eigenvalue weighted by molar-refractivity contribution is 8.00. The van der Waals surface area contributed by atoms with Crippen molar-refractivity contribution < 1.29 is 4.92 Å². The summed E-state index contributed by atoms with van der Waals surface area (Å²) in [6, 6.07) is 0. The average Bonchev–Trinajstić information content (AvgIpc) is 2.36. The fraction of sp³-hybridized carbons (Fsp3) is 0.600. The summed E-state index contributed by atoms with van der Waals surface area (Å²) in [5, 5.41) is 11.9. The topological polar surface area (TPSA) is 110 Å². The van der Waals surface area contributed by atoms with Crippen LogP contribution in [0.15, 0.2) is 6.20 Å². The third-order valence-electron chi connectivity index (χ3n) is 2.79. The van der Waals surface area contributed by atoms with E-state index in [1.165, 1.54) is 6.20 Å². The molecule has 1 aromatic rings. The van der Waals surface area contributed by atoms with Crippen molar-refractivity contribution in [3.05, 3.63) is 16.3 Å². The van der Waals surface area contributed by atoms with Crippen LogP contribution in [0.2, 0.25) is 0 Å². The summed E-state index contributed by atoms with van der Waals surface area (Å²) < 4.78 is 0. The van der Waals surface area contributed by atoms with Gasteiger partial charge in [-0.05, 0) is 0 Å². The van der Waals surface area contributed by atoms with Gasteiger partial charge in [-0.3, -0.25) is 15.5 Å². The highest BCUT2D eigenvalue weighted by Gasteiger charge is 2.29. The van der Waals surface area contributed by atoms with Crippen molar-refractivity contribution in [2.75, 3.05) is 23.4 Å². The Morgan fingerprint density at radius 1 is 1.53 bits per heavy atom. The molecule has 1 saturated heterocycles. The SMILES string of the molecule is CC1CN(c2nc(NN)ncc2[N+](=O)[O-])CC(C)S1. The maximum atomic E-state index is 11.1. The molecular weight excluding hydrogens is 268 g/mol. The van der Waals surface area contributed by atoms with Gasteiger partial charge in [0.15, 0.2) is 0 Å². The number of nitrogen functional groups attached to an aromatic ring is 1. The van der Waals surface area contributed by atoms with E-state index in [0.717, 1.165) is 13.1 Å². The Morgan fingerprint density at radius 3 is 2.68 bits per heavy atom. The van der Waals surface area contributed by atoms with Gasteiger partial charge in [-0.1, -0.05) is 13.8 Å². The first-order chi connectivity index (χ1) is 9.01. The van der Waals surface area contributed by atoms with Gasteiger partial charge in [-0.2, -0.15) is 16.7 Å². The number of anilines is 2. The molecule has 1 aliphatic rings. The van der Waals surface area contributed by atoms with Crippen LogP contribution in [0.5, 0.6) is 0 Å². The fourth-order valence-electron chi connectivity index (χ4n) is 2.15. The molecule has 9 heteroatoms. The van der Waals surface area contributed by atoms with Crippen molar-refractivity contribution in [2.45, 2.75) is 24.3 Å². The predicted octanol–water partition coefficient (Wildman–Crippen LogP) is 1.00. The molecule has 0 aliphatic carbocycles. The molecule has 0 aromatic carbocycles. The van der Waals surface area contributed by atoms with Gasteiger partial charge in [0, 0.05) is 23.6 Å². The maximum absolute atomic E-state index is 11.1. The summed E-state index contributed by atoms with van der Waals surface area (Å²) in [4.78, 5) is 20.5. The molecule has 2 unspecified atom stereocenters. The quantitative estimate of drug-likeness (QED) is 0.480. The lowest BCUT2D eigenvalue weighted by Crippen LogP contribution is -2.41. The highest BCUT2D eigenvalue weighted by Crippen LogP contribution is 2.32. The second-order valence-electron chi connectivity index (χ2n) is 4.47. The molecule has 104 valence electrons. The summed E-state index contributed by atoms with van der Waals surface area (Å²) in [6.07, 6.45) is 1.19. The number of nitro groups is 1. The van der Waals surface area contributed by atoms with Crippen LogP contribution in [-0.4, -0.2) is 38.5 Å². The number of hydrazine groups is 1. The number of aromatic nitrogens is 2. The minimum Gasteiger partial charge on any atom is -0.349 e. The number of thioether (sulfide) groups is 1. The Kier molecular flexibility index (Phi) is 4.05. The van der Waals surface area contributed by atoms with Crippen LogP contribution >= 0.6 is 11.8 Å². The minimum atomic E-state index is -0.466. The molecule has 19 heavy (non-hydrogen) atoms. The molecule has 1 fully saturated rings. The van der Waals surface area contributed by atoms with Gasteiger partial charge in [-0.25, -0.2) is 10.8 Å². The van der Waals surface area contributed by atoms with Crippen molar-refractivity contribution in [1.29, 1.82) is 0 Å². The van der Waals surface area contributed by atoms with Gasteiger partial charge in [0.1, 0.15) is 6.20 Å². The predicted molar refractivity (Wildman–Crippen MR) is 75.2 cm³/mol. The average molecular weight is 284 g/mol. The Labute approximate surface area is 114 Å². The first-order valence-electron chi connectivity index (χ1n) is 5.89. The monoisotopic (exact) mass is 284 g/mol. The molecule has 2 heterocycles. The lowest BCUT2D eigenvalue weighted by molar-refractivity contribution is -0.384. The molecule has 2 atom stereocenters. The van der Waals surface area contributed by atoms with E-state index in [9.17, 15) is 10.1 Å². The van der Waals surface area contributed by atoms with E-state index in [-0.39, 0.29) is 11.6 Å². The molecule has 8 nitrogen and oxygen atoms in total. The molecule has 1 aromatic heterocycles. The Bertz CT molecular complexity index is 475. The van der Waals surface area contributed by atoms with Crippen LogP contribution in [0.1, 0.15) is 13.8 Å². The zero-order valence-electron chi connectivity index (χ0n) is 10.7. The van der Waals surface area contributed by atoms with Crippen LogP contribution in [0.4, 0.5) is 17.5 Å².